The van der Waals surface area contributed by atoms with E-state index in [4.69, 9.17) is 0 Å². The van der Waals surface area contributed by atoms with Crippen molar-refractivity contribution in [2.24, 2.45) is 0 Å². The summed E-state index contributed by atoms with van der Waals surface area (Å²) in [6.07, 6.45) is 8.48. The molecule has 0 aliphatic carbocycles. The first-order valence-corrected chi connectivity index (χ1v) is 5.53. The van der Waals surface area contributed by atoms with Crippen LogP contribution in [0.25, 0.3) is 0 Å². The van der Waals surface area contributed by atoms with Gasteiger partial charge in [0.05, 0.1) is 18.6 Å². The predicted molar refractivity (Wildman–Crippen MR) is 64.3 cm³/mol. The highest BCUT2D eigenvalue weighted by Crippen LogP contribution is 2.09. The van der Waals surface area contributed by atoms with Crippen LogP contribution >= 0.6 is 0 Å². The van der Waals surface area contributed by atoms with Crippen LogP contribution in [0.4, 0.5) is 5.69 Å². The van der Waals surface area contributed by atoms with Crippen molar-refractivity contribution in [3.05, 3.63) is 42.7 Å². The van der Waals surface area contributed by atoms with Gasteiger partial charge in [0.2, 0.25) is 0 Å². The normalized spacial score (nSPS) is 10.3. The van der Waals surface area contributed by atoms with Gasteiger partial charge in [-0.1, -0.05) is 6.92 Å². The van der Waals surface area contributed by atoms with E-state index in [9.17, 15) is 0 Å². The lowest BCUT2D eigenvalue weighted by atomic mass is 10.3. The fourth-order valence-corrected chi connectivity index (χ4v) is 1.51. The topological polar surface area (TPSA) is 42.7 Å². The molecule has 0 aliphatic heterocycles. The molecule has 84 valence electrons. The van der Waals surface area contributed by atoms with Gasteiger partial charge in [-0.05, 0) is 18.6 Å². The van der Waals surface area contributed by atoms with Crippen LogP contribution in [0.2, 0.25) is 0 Å². The minimum absolute atomic E-state index is 0.766. The van der Waals surface area contributed by atoms with E-state index >= 15 is 0 Å². The highest BCUT2D eigenvalue weighted by atomic mass is 15.0. The average Bonchev–Trinajstić information content (AvgIpc) is 2.80. The average molecular weight is 216 g/mol. The lowest BCUT2D eigenvalue weighted by molar-refractivity contribution is 0.773. The predicted octanol–water partition coefficient (Wildman–Crippen LogP) is 2.15. The Morgan fingerprint density at radius 1 is 1.38 bits per heavy atom. The van der Waals surface area contributed by atoms with Crippen LogP contribution in [0.5, 0.6) is 0 Å². The molecule has 2 rings (SSSR count). The second-order valence-electron chi connectivity index (χ2n) is 3.70. The monoisotopic (exact) mass is 216 g/mol. The summed E-state index contributed by atoms with van der Waals surface area (Å²) >= 11 is 0. The molecule has 4 nitrogen and oxygen atoms in total. The maximum Gasteiger partial charge on any atom is 0.0949 e. The van der Waals surface area contributed by atoms with Crippen molar-refractivity contribution >= 4 is 5.69 Å². The molecule has 16 heavy (non-hydrogen) atoms. The van der Waals surface area contributed by atoms with E-state index in [1.165, 1.54) is 0 Å². The second kappa shape index (κ2) is 5.30. The summed E-state index contributed by atoms with van der Waals surface area (Å²) in [4.78, 5) is 8.34. The van der Waals surface area contributed by atoms with E-state index in [-0.39, 0.29) is 0 Å². The summed E-state index contributed by atoms with van der Waals surface area (Å²) in [5.41, 5.74) is 2.17. The van der Waals surface area contributed by atoms with Crippen molar-refractivity contribution in [3.63, 3.8) is 0 Å². The molecule has 2 aromatic rings. The van der Waals surface area contributed by atoms with Crippen molar-refractivity contribution in [2.75, 3.05) is 11.9 Å². The molecule has 2 heterocycles. The van der Waals surface area contributed by atoms with Crippen molar-refractivity contribution in [3.8, 4) is 0 Å². The molecule has 2 aromatic heterocycles. The number of pyridine rings is 1. The molecule has 0 fully saturated rings. The fourth-order valence-electron chi connectivity index (χ4n) is 1.51. The Balaban J connectivity index is 2.04. The first kappa shape index (κ1) is 10.7. The SMILES string of the molecule is CCCNc1ccnc(Cn2ccnc2)c1. The van der Waals surface area contributed by atoms with E-state index in [0.717, 1.165) is 30.9 Å². The Hall–Kier alpha value is -1.84. The number of nitrogens with one attached hydrogen (secondary N) is 1. The Kier molecular flexibility index (Phi) is 3.53. The smallest absolute Gasteiger partial charge is 0.0949 e. The third-order valence-electron chi connectivity index (χ3n) is 2.30. The second-order valence-corrected chi connectivity index (χ2v) is 3.70. The van der Waals surface area contributed by atoms with E-state index in [1.807, 2.05) is 23.0 Å². The van der Waals surface area contributed by atoms with E-state index < -0.39 is 0 Å². The van der Waals surface area contributed by atoms with Gasteiger partial charge in [0, 0.05) is 30.8 Å². The van der Waals surface area contributed by atoms with Crippen molar-refractivity contribution in [1.29, 1.82) is 0 Å². The molecular formula is C12H16N4. The lowest BCUT2D eigenvalue weighted by Gasteiger charge is -2.06. The zero-order valence-corrected chi connectivity index (χ0v) is 9.43. The van der Waals surface area contributed by atoms with Crippen LogP contribution in [0.3, 0.4) is 0 Å². The first-order valence-electron chi connectivity index (χ1n) is 5.53. The third-order valence-corrected chi connectivity index (χ3v) is 2.30. The molecule has 0 radical (unpaired) electrons. The van der Waals surface area contributed by atoms with Crippen LogP contribution in [-0.2, 0) is 6.54 Å². The minimum Gasteiger partial charge on any atom is -0.385 e. The van der Waals surface area contributed by atoms with Gasteiger partial charge in [0.15, 0.2) is 0 Å². The summed E-state index contributed by atoms with van der Waals surface area (Å²) < 4.78 is 2.01. The molecule has 0 amide bonds. The molecule has 0 bridgehead atoms. The zero-order valence-electron chi connectivity index (χ0n) is 9.43. The van der Waals surface area contributed by atoms with Crippen LogP contribution in [0.1, 0.15) is 19.0 Å². The Morgan fingerprint density at radius 2 is 2.31 bits per heavy atom. The largest absolute Gasteiger partial charge is 0.385 e. The maximum absolute atomic E-state index is 4.33. The first-order chi connectivity index (χ1) is 7.88. The molecule has 0 saturated heterocycles. The number of rotatable bonds is 5. The van der Waals surface area contributed by atoms with Gasteiger partial charge >= 0.3 is 0 Å². The Morgan fingerprint density at radius 3 is 3.06 bits per heavy atom. The van der Waals surface area contributed by atoms with Gasteiger partial charge in [-0.2, -0.15) is 0 Å². The van der Waals surface area contributed by atoms with Crippen LogP contribution in [-0.4, -0.2) is 21.1 Å². The van der Waals surface area contributed by atoms with Gasteiger partial charge < -0.3 is 9.88 Å². The standard InChI is InChI=1S/C12H16N4/c1-2-4-14-11-3-5-15-12(8-11)9-16-7-6-13-10-16/h3,5-8,10H,2,4,9H2,1H3,(H,14,15). The van der Waals surface area contributed by atoms with Crippen LogP contribution in [0, 0.1) is 0 Å². The summed E-state index contributed by atoms with van der Waals surface area (Å²) in [6, 6.07) is 4.07. The summed E-state index contributed by atoms with van der Waals surface area (Å²) in [5, 5.41) is 3.35. The number of hydrogen-bond donors (Lipinski definition) is 1. The van der Waals surface area contributed by atoms with E-state index in [1.54, 1.807) is 12.5 Å². The van der Waals surface area contributed by atoms with Gasteiger partial charge in [0.1, 0.15) is 0 Å². The highest BCUT2D eigenvalue weighted by molar-refractivity contribution is 5.43. The number of anilines is 1. The molecule has 0 atom stereocenters. The Labute approximate surface area is 95.4 Å². The number of nitrogens with zero attached hydrogens (tertiary/aromatic N) is 3. The molecule has 0 aromatic carbocycles. The molecule has 1 N–H and O–H groups in total. The fraction of sp³-hybridized carbons (Fsp3) is 0.333. The van der Waals surface area contributed by atoms with Crippen molar-refractivity contribution in [1.82, 2.24) is 14.5 Å². The van der Waals surface area contributed by atoms with Gasteiger partial charge in [-0.15, -0.1) is 0 Å². The number of aromatic nitrogens is 3. The summed E-state index contributed by atoms with van der Waals surface area (Å²) in [6.45, 7) is 3.91. The summed E-state index contributed by atoms with van der Waals surface area (Å²) in [7, 11) is 0. The van der Waals surface area contributed by atoms with Crippen LogP contribution in [0.15, 0.2) is 37.1 Å². The number of hydrogen-bond acceptors (Lipinski definition) is 3. The number of imidazole rings is 1. The molecule has 4 heteroatoms. The summed E-state index contributed by atoms with van der Waals surface area (Å²) in [5.74, 6) is 0. The molecular weight excluding hydrogens is 200 g/mol. The van der Waals surface area contributed by atoms with Crippen LogP contribution < -0.4 is 5.32 Å². The molecule has 0 spiro atoms. The quantitative estimate of drug-likeness (QED) is 0.832. The van der Waals surface area contributed by atoms with E-state index in [0.29, 0.717) is 0 Å². The molecule has 0 unspecified atom stereocenters. The minimum atomic E-state index is 0.766. The van der Waals surface area contributed by atoms with Crippen molar-refractivity contribution < 1.29 is 0 Å². The third kappa shape index (κ3) is 2.82. The highest BCUT2D eigenvalue weighted by Gasteiger charge is 1.97. The van der Waals surface area contributed by atoms with E-state index in [2.05, 4.69) is 28.3 Å². The molecule has 0 saturated carbocycles. The van der Waals surface area contributed by atoms with Gasteiger partial charge in [-0.3, -0.25) is 4.98 Å². The molecule has 0 aliphatic rings. The van der Waals surface area contributed by atoms with Gasteiger partial charge in [-0.25, -0.2) is 4.98 Å². The lowest BCUT2D eigenvalue weighted by Crippen LogP contribution is -2.03. The Bertz CT molecular complexity index is 422. The maximum atomic E-state index is 4.33. The van der Waals surface area contributed by atoms with Crippen molar-refractivity contribution in [2.45, 2.75) is 19.9 Å². The zero-order chi connectivity index (χ0) is 11.2. The van der Waals surface area contributed by atoms with Gasteiger partial charge in [0.25, 0.3) is 0 Å².